The van der Waals surface area contributed by atoms with E-state index in [0.717, 1.165) is 17.7 Å². The van der Waals surface area contributed by atoms with Gasteiger partial charge in [-0.2, -0.15) is 18.2 Å². The summed E-state index contributed by atoms with van der Waals surface area (Å²) < 4.78 is 37.2. The third kappa shape index (κ3) is 3.12. The predicted octanol–water partition coefficient (Wildman–Crippen LogP) is 3.13. The first-order valence-corrected chi connectivity index (χ1v) is 5.39. The zero-order valence-corrected chi connectivity index (χ0v) is 9.99. The van der Waals surface area contributed by atoms with E-state index >= 15 is 0 Å². The third-order valence-electron chi connectivity index (χ3n) is 2.47. The molecule has 0 amide bonds. The van der Waals surface area contributed by atoms with Crippen LogP contribution in [0.1, 0.15) is 11.1 Å². The summed E-state index contributed by atoms with van der Waals surface area (Å²) in [7, 11) is 0. The Kier molecular flexibility index (Phi) is 3.28. The van der Waals surface area contributed by atoms with Gasteiger partial charge in [-0.15, -0.1) is 0 Å². The SMILES string of the molecule is Cc1cnc(N)nc1Nc1ccc(C(F)(F)F)cc1. The van der Waals surface area contributed by atoms with Crippen LogP contribution >= 0.6 is 0 Å². The summed E-state index contributed by atoms with van der Waals surface area (Å²) >= 11 is 0. The molecule has 0 saturated carbocycles. The van der Waals surface area contributed by atoms with Gasteiger partial charge in [0.25, 0.3) is 0 Å². The molecule has 0 aliphatic carbocycles. The van der Waals surface area contributed by atoms with Gasteiger partial charge in [0, 0.05) is 17.4 Å². The van der Waals surface area contributed by atoms with Gasteiger partial charge in [-0.3, -0.25) is 0 Å². The van der Waals surface area contributed by atoms with Crippen molar-refractivity contribution < 1.29 is 13.2 Å². The smallest absolute Gasteiger partial charge is 0.368 e. The normalized spacial score (nSPS) is 11.4. The lowest BCUT2D eigenvalue weighted by atomic mass is 10.2. The minimum Gasteiger partial charge on any atom is -0.368 e. The molecular weight excluding hydrogens is 257 g/mol. The molecule has 0 radical (unpaired) electrons. The van der Waals surface area contributed by atoms with Crippen LogP contribution in [-0.2, 0) is 6.18 Å². The van der Waals surface area contributed by atoms with E-state index in [9.17, 15) is 13.2 Å². The number of halogens is 3. The van der Waals surface area contributed by atoms with Gasteiger partial charge >= 0.3 is 6.18 Å². The zero-order valence-electron chi connectivity index (χ0n) is 9.99. The van der Waals surface area contributed by atoms with Crippen molar-refractivity contribution in [2.45, 2.75) is 13.1 Å². The highest BCUT2D eigenvalue weighted by Gasteiger charge is 2.29. The number of hydrogen-bond acceptors (Lipinski definition) is 4. The molecule has 1 aromatic heterocycles. The molecule has 0 saturated heterocycles. The van der Waals surface area contributed by atoms with Crippen molar-refractivity contribution in [3.8, 4) is 0 Å². The van der Waals surface area contributed by atoms with E-state index in [4.69, 9.17) is 5.73 Å². The number of anilines is 3. The average molecular weight is 268 g/mol. The van der Waals surface area contributed by atoms with Crippen molar-refractivity contribution in [3.63, 3.8) is 0 Å². The Hall–Kier alpha value is -2.31. The number of nitrogen functional groups attached to an aromatic ring is 1. The maximum Gasteiger partial charge on any atom is 0.416 e. The second-order valence-electron chi connectivity index (χ2n) is 3.96. The zero-order chi connectivity index (χ0) is 14.0. The summed E-state index contributed by atoms with van der Waals surface area (Å²) in [6, 6.07) is 4.67. The van der Waals surface area contributed by atoms with Crippen LogP contribution in [0.2, 0.25) is 0 Å². The Labute approximate surface area is 107 Å². The molecule has 0 atom stereocenters. The van der Waals surface area contributed by atoms with Gasteiger partial charge in [0.2, 0.25) is 5.95 Å². The monoisotopic (exact) mass is 268 g/mol. The van der Waals surface area contributed by atoms with Crippen molar-refractivity contribution in [3.05, 3.63) is 41.6 Å². The van der Waals surface area contributed by atoms with Crippen molar-refractivity contribution in [2.75, 3.05) is 11.1 Å². The van der Waals surface area contributed by atoms with Gasteiger partial charge in [0.15, 0.2) is 0 Å². The Balaban J connectivity index is 2.22. The number of rotatable bonds is 2. The molecule has 3 N–H and O–H groups in total. The standard InChI is InChI=1S/C12H11F3N4/c1-7-6-17-11(16)19-10(7)18-9-4-2-8(3-5-9)12(13,14)15/h2-6H,1H3,(H3,16,17,18,19). The number of nitrogens with two attached hydrogens (primary N) is 1. The van der Waals surface area contributed by atoms with Crippen LogP contribution in [0.15, 0.2) is 30.5 Å². The Morgan fingerprint density at radius 1 is 1.16 bits per heavy atom. The Morgan fingerprint density at radius 3 is 2.37 bits per heavy atom. The number of nitrogens with one attached hydrogen (secondary N) is 1. The van der Waals surface area contributed by atoms with Crippen LogP contribution in [0.5, 0.6) is 0 Å². The first-order chi connectivity index (χ1) is 8.86. The molecule has 0 unspecified atom stereocenters. The molecule has 100 valence electrons. The van der Waals surface area contributed by atoms with Crippen molar-refractivity contribution in [1.82, 2.24) is 9.97 Å². The van der Waals surface area contributed by atoms with Crippen LogP contribution in [0.25, 0.3) is 0 Å². The first kappa shape index (κ1) is 13.1. The maximum atomic E-state index is 12.4. The third-order valence-corrected chi connectivity index (χ3v) is 2.47. The van der Waals surface area contributed by atoms with Crippen LogP contribution < -0.4 is 11.1 Å². The van der Waals surface area contributed by atoms with Gasteiger partial charge in [0.1, 0.15) is 5.82 Å². The number of nitrogens with zero attached hydrogens (tertiary/aromatic N) is 2. The highest BCUT2D eigenvalue weighted by Crippen LogP contribution is 2.30. The van der Waals surface area contributed by atoms with Gasteiger partial charge in [-0.1, -0.05) is 0 Å². The fraction of sp³-hybridized carbons (Fsp3) is 0.167. The molecule has 0 bridgehead atoms. The lowest BCUT2D eigenvalue weighted by molar-refractivity contribution is -0.137. The van der Waals surface area contributed by atoms with Gasteiger partial charge in [-0.25, -0.2) is 4.98 Å². The second kappa shape index (κ2) is 4.75. The second-order valence-corrected chi connectivity index (χ2v) is 3.96. The largest absolute Gasteiger partial charge is 0.416 e. The fourth-order valence-corrected chi connectivity index (χ4v) is 1.46. The van der Waals surface area contributed by atoms with Crippen LogP contribution in [0, 0.1) is 6.92 Å². The molecule has 2 aromatic rings. The topological polar surface area (TPSA) is 63.8 Å². The summed E-state index contributed by atoms with van der Waals surface area (Å²) in [5.74, 6) is 0.562. The average Bonchev–Trinajstić information content (AvgIpc) is 2.33. The van der Waals surface area contributed by atoms with Gasteiger partial charge in [0.05, 0.1) is 5.56 Å². The van der Waals surface area contributed by atoms with E-state index in [1.165, 1.54) is 18.3 Å². The molecule has 7 heteroatoms. The molecule has 0 aliphatic heterocycles. The summed E-state index contributed by atoms with van der Waals surface area (Å²) in [6.45, 7) is 1.77. The summed E-state index contributed by atoms with van der Waals surface area (Å²) in [5, 5.41) is 2.89. The first-order valence-electron chi connectivity index (χ1n) is 5.39. The van der Waals surface area contributed by atoms with Crippen LogP contribution in [0.4, 0.5) is 30.6 Å². The van der Waals surface area contributed by atoms with Crippen molar-refractivity contribution >= 4 is 17.5 Å². The van der Waals surface area contributed by atoms with Gasteiger partial charge in [-0.05, 0) is 31.2 Å². The Bertz CT molecular complexity index is 579. The minimum atomic E-state index is -4.34. The van der Waals surface area contributed by atoms with E-state index < -0.39 is 11.7 Å². The molecular formula is C12H11F3N4. The highest BCUT2D eigenvalue weighted by molar-refractivity contribution is 5.60. The van der Waals surface area contributed by atoms with Crippen LogP contribution in [-0.4, -0.2) is 9.97 Å². The maximum absolute atomic E-state index is 12.4. The number of hydrogen-bond donors (Lipinski definition) is 2. The molecule has 0 spiro atoms. The molecule has 2 rings (SSSR count). The molecule has 1 aromatic carbocycles. The van der Waals surface area contributed by atoms with Crippen LogP contribution in [0.3, 0.4) is 0 Å². The van der Waals surface area contributed by atoms with E-state index in [1.54, 1.807) is 6.92 Å². The van der Waals surface area contributed by atoms with Crippen molar-refractivity contribution in [2.24, 2.45) is 0 Å². The van der Waals surface area contributed by atoms with E-state index in [2.05, 4.69) is 15.3 Å². The van der Waals surface area contributed by atoms with E-state index in [1.807, 2.05) is 0 Å². The van der Waals surface area contributed by atoms with E-state index in [0.29, 0.717) is 11.5 Å². The number of aryl methyl sites for hydroxylation is 1. The number of aromatic nitrogens is 2. The number of benzene rings is 1. The molecule has 19 heavy (non-hydrogen) atoms. The molecule has 1 heterocycles. The summed E-state index contributed by atoms with van der Waals surface area (Å²) in [5.41, 5.74) is 5.99. The quantitative estimate of drug-likeness (QED) is 0.878. The van der Waals surface area contributed by atoms with Crippen molar-refractivity contribution in [1.29, 1.82) is 0 Å². The summed E-state index contributed by atoms with van der Waals surface area (Å²) in [6.07, 6.45) is -2.80. The van der Waals surface area contributed by atoms with E-state index in [-0.39, 0.29) is 5.95 Å². The summed E-state index contributed by atoms with van der Waals surface area (Å²) in [4.78, 5) is 7.78. The Morgan fingerprint density at radius 2 is 1.79 bits per heavy atom. The lowest BCUT2D eigenvalue weighted by Gasteiger charge is -2.10. The lowest BCUT2D eigenvalue weighted by Crippen LogP contribution is -2.05. The fourth-order valence-electron chi connectivity index (χ4n) is 1.46. The highest BCUT2D eigenvalue weighted by atomic mass is 19.4. The predicted molar refractivity (Wildman–Crippen MR) is 65.9 cm³/mol. The molecule has 0 aliphatic rings. The minimum absolute atomic E-state index is 0.0972. The number of alkyl halides is 3. The molecule has 4 nitrogen and oxygen atoms in total. The van der Waals surface area contributed by atoms with Gasteiger partial charge < -0.3 is 11.1 Å². The molecule has 0 fully saturated rings.